The van der Waals surface area contributed by atoms with Crippen molar-refractivity contribution < 1.29 is 14.5 Å². The minimum Gasteiger partial charge on any atom is -0.383 e. The fourth-order valence-corrected chi connectivity index (χ4v) is 2.88. The largest absolute Gasteiger partial charge is 0.383 e. The van der Waals surface area contributed by atoms with Crippen LogP contribution in [-0.2, 0) is 11.3 Å². The van der Waals surface area contributed by atoms with Crippen LogP contribution in [0, 0.1) is 10.1 Å². The van der Waals surface area contributed by atoms with Crippen molar-refractivity contribution in [2.24, 2.45) is 0 Å². The fourth-order valence-electron chi connectivity index (χ4n) is 2.71. The van der Waals surface area contributed by atoms with Gasteiger partial charge in [0.05, 0.1) is 11.5 Å². The molecule has 0 atom stereocenters. The third-order valence-corrected chi connectivity index (χ3v) is 4.20. The van der Waals surface area contributed by atoms with Crippen molar-refractivity contribution in [1.29, 1.82) is 0 Å². The van der Waals surface area contributed by atoms with E-state index >= 15 is 0 Å². The predicted molar refractivity (Wildman–Crippen MR) is 99.9 cm³/mol. The van der Waals surface area contributed by atoms with E-state index in [-0.39, 0.29) is 16.3 Å². The Balaban J connectivity index is 1.85. The van der Waals surface area contributed by atoms with Crippen molar-refractivity contribution in [2.45, 2.75) is 6.54 Å². The highest BCUT2D eigenvalue weighted by atomic mass is 35.5. The van der Waals surface area contributed by atoms with Gasteiger partial charge in [0.25, 0.3) is 11.6 Å². The van der Waals surface area contributed by atoms with Gasteiger partial charge in [-0.2, -0.15) is 0 Å². The van der Waals surface area contributed by atoms with Crippen molar-refractivity contribution in [3.05, 3.63) is 69.4 Å². The molecule has 134 valence electrons. The summed E-state index contributed by atoms with van der Waals surface area (Å²) in [5.41, 5.74) is 1.19. The second kappa shape index (κ2) is 7.55. The van der Waals surface area contributed by atoms with Crippen LogP contribution in [-0.4, -0.2) is 29.1 Å². The first-order valence-corrected chi connectivity index (χ1v) is 8.20. The number of carbonyl (C=O) groups is 1. The number of aromatic nitrogens is 1. The molecule has 0 saturated heterocycles. The molecule has 1 N–H and O–H groups in total. The molecule has 0 unspecified atom stereocenters. The minimum atomic E-state index is -0.625. The Hall–Kier alpha value is -2.90. The Morgan fingerprint density at radius 1 is 1.27 bits per heavy atom. The molecule has 1 aromatic heterocycles. The number of nitrogens with zero attached hydrogens (tertiary/aromatic N) is 2. The van der Waals surface area contributed by atoms with Crippen molar-refractivity contribution in [3.63, 3.8) is 0 Å². The molecule has 3 rings (SSSR count). The van der Waals surface area contributed by atoms with Gasteiger partial charge in [-0.1, -0.05) is 11.6 Å². The van der Waals surface area contributed by atoms with E-state index in [2.05, 4.69) is 9.88 Å². The maximum atomic E-state index is 12.5. The van der Waals surface area contributed by atoms with Crippen LogP contribution >= 0.6 is 11.6 Å². The lowest BCUT2D eigenvalue weighted by atomic mass is 10.1. The quantitative estimate of drug-likeness (QED) is 0.520. The Morgan fingerprint density at radius 2 is 2.08 bits per heavy atom. The van der Waals surface area contributed by atoms with E-state index in [1.807, 2.05) is 24.4 Å². The molecule has 0 aliphatic heterocycles. The van der Waals surface area contributed by atoms with Crippen molar-refractivity contribution in [2.75, 3.05) is 19.0 Å². The number of nitro groups is 1. The summed E-state index contributed by atoms with van der Waals surface area (Å²) >= 11 is 5.78. The minimum absolute atomic E-state index is 0.0443. The standard InChI is InChI=1S/C18H16ClN3O4/c1-26-9-8-21-7-6-12-10-14(3-5-16(12)21)20-18(23)15-4-2-13(19)11-17(15)22(24)25/h2-7,10-11H,8-9H2,1H3,(H,20,23). The first-order chi connectivity index (χ1) is 12.5. The third-order valence-electron chi connectivity index (χ3n) is 3.97. The van der Waals surface area contributed by atoms with Crippen LogP contribution in [0.15, 0.2) is 48.7 Å². The lowest BCUT2D eigenvalue weighted by Crippen LogP contribution is -2.14. The zero-order valence-corrected chi connectivity index (χ0v) is 14.7. The number of nitrogens with one attached hydrogen (secondary N) is 1. The number of anilines is 1. The van der Waals surface area contributed by atoms with E-state index in [0.717, 1.165) is 23.5 Å². The molecule has 2 aromatic carbocycles. The topological polar surface area (TPSA) is 86.4 Å². The third kappa shape index (κ3) is 3.68. The van der Waals surface area contributed by atoms with Gasteiger partial charge in [0.2, 0.25) is 0 Å². The van der Waals surface area contributed by atoms with Gasteiger partial charge in [-0.15, -0.1) is 0 Å². The lowest BCUT2D eigenvalue weighted by Gasteiger charge is -2.08. The first-order valence-electron chi connectivity index (χ1n) is 7.82. The Bertz CT molecular complexity index is 984. The van der Waals surface area contributed by atoms with E-state index in [1.165, 1.54) is 12.1 Å². The molecule has 0 spiro atoms. The number of nitro benzene ring substituents is 1. The molecule has 1 amide bonds. The summed E-state index contributed by atoms with van der Waals surface area (Å²) in [4.78, 5) is 23.0. The zero-order valence-electron chi connectivity index (χ0n) is 13.9. The van der Waals surface area contributed by atoms with Crippen molar-refractivity contribution in [1.82, 2.24) is 4.57 Å². The highest BCUT2D eigenvalue weighted by Crippen LogP contribution is 2.25. The van der Waals surface area contributed by atoms with E-state index in [4.69, 9.17) is 16.3 Å². The molecule has 3 aromatic rings. The molecule has 0 radical (unpaired) electrons. The summed E-state index contributed by atoms with van der Waals surface area (Å²) in [6, 6.07) is 11.3. The van der Waals surface area contributed by atoms with Crippen LogP contribution in [0.1, 0.15) is 10.4 Å². The molecular formula is C18H16ClN3O4. The summed E-state index contributed by atoms with van der Waals surface area (Å²) < 4.78 is 7.14. The average Bonchev–Trinajstić information content (AvgIpc) is 3.01. The molecule has 8 heteroatoms. The van der Waals surface area contributed by atoms with Crippen LogP contribution in [0.3, 0.4) is 0 Å². The molecule has 0 aliphatic carbocycles. The fraction of sp³-hybridized carbons (Fsp3) is 0.167. The number of benzene rings is 2. The van der Waals surface area contributed by atoms with Gasteiger partial charge >= 0.3 is 0 Å². The number of methoxy groups -OCH3 is 1. The normalized spacial score (nSPS) is 10.8. The molecular weight excluding hydrogens is 358 g/mol. The Kier molecular flexibility index (Phi) is 5.20. The number of hydrogen-bond donors (Lipinski definition) is 1. The second-order valence-corrected chi connectivity index (χ2v) is 6.08. The number of hydrogen-bond acceptors (Lipinski definition) is 4. The van der Waals surface area contributed by atoms with Gasteiger partial charge < -0.3 is 14.6 Å². The van der Waals surface area contributed by atoms with Gasteiger partial charge in [-0.25, -0.2) is 0 Å². The molecule has 0 bridgehead atoms. The van der Waals surface area contributed by atoms with Gasteiger partial charge in [0.15, 0.2) is 0 Å². The second-order valence-electron chi connectivity index (χ2n) is 5.65. The van der Waals surface area contributed by atoms with Gasteiger partial charge in [0, 0.05) is 47.5 Å². The highest BCUT2D eigenvalue weighted by Gasteiger charge is 2.20. The van der Waals surface area contributed by atoms with E-state index in [9.17, 15) is 14.9 Å². The zero-order chi connectivity index (χ0) is 18.7. The van der Waals surface area contributed by atoms with Crippen LogP contribution in [0.5, 0.6) is 0 Å². The number of rotatable bonds is 6. The molecule has 26 heavy (non-hydrogen) atoms. The van der Waals surface area contributed by atoms with E-state index < -0.39 is 10.8 Å². The number of amides is 1. The number of ether oxygens (including phenoxy) is 1. The molecule has 0 aliphatic rings. The van der Waals surface area contributed by atoms with Crippen molar-refractivity contribution in [3.8, 4) is 0 Å². The Labute approximate surface area is 154 Å². The monoisotopic (exact) mass is 373 g/mol. The summed E-state index contributed by atoms with van der Waals surface area (Å²) in [5, 5.41) is 15.0. The summed E-state index contributed by atoms with van der Waals surface area (Å²) in [6.07, 6.45) is 1.94. The highest BCUT2D eigenvalue weighted by molar-refractivity contribution is 6.31. The van der Waals surface area contributed by atoms with Crippen molar-refractivity contribution >= 4 is 39.8 Å². The summed E-state index contributed by atoms with van der Waals surface area (Å²) in [6.45, 7) is 1.32. The number of carbonyl (C=O) groups excluding carboxylic acids is 1. The van der Waals surface area contributed by atoms with Crippen LogP contribution in [0.4, 0.5) is 11.4 Å². The predicted octanol–water partition coefficient (Wildman–Crippen LogP) is 4.10. The summed E-state index contributed by atoms with van der Waals surface area (Å²) in [7, 11) is 1.65. The van der Waals surface area contributed by atoms with Crippen LogP contribution in [0.2, 0.25) is 5.02 Å². The number of halogens is 1. The van der Waals surface area contributed by atoms with Gasteiger partial charge in [-0.3, -0.25) is 14.9 Å². The number of fused-ring (bicyclic) bond motifs is 1. The molecule has 1 heterocycles. The average molecular weight is 374 g/mol. The van der Waals surface area contributed by atoms with Crippen LogP contribution in [0.25, 0.3) is 10.9 Å². The maximum Gasteiger partial charge on any atom is 0.283 e. The molecule has 7 nitrogen and oxygen atoms in total. The van der Waals surface area contributed by atoms with Gasteiger partial charge in [0.1, 0.15) is 5.56 Å². The lowest BCUT2D eigenvalue weighted by molar-refractivity contribution is -0.385. The van der Waals surface area contributed by atoms with E-state index in [1.54, 1.807) is 13.2 Å². The molecule has 0 saturated carbocycles. The SMILES string of the molecule is COCCn1ccc2cc(NC(=O)c3ccc(Cl)cc3[N+](=O)[O-])ccc21. The molecule has 0 fully saturated rings. The first kappa shape index (κ1) is 17.9. The van der Waals surface area contributed by atoms with Crippen LogP contribution < -0.4 is 5.32 Å². The summed E-state index contributed by atoms with van der Waals surface area (Å²) in [5.74, 6) is -0.563. The van der Waals surface area contributed by atoms with E-state index in [0.29, 0.717) is 12.3 Å². The maximum absolute atomic E-state index is 12.5. The smallest absolute Gasteiger partial charge is 0.283 e. The Morgan fingerprint density at radius 3 is 2.81 bits per heavy atom. The van der Waals surface area contributed by atoms with Gasteiger partial charge in [-0.05, 0) is 36.4 Å².